The van der Waals surface area contributed by atoms with Gasteiger partial charge in [-0.05, 0) is 19.8 Å². The zero-order valence-corrected chi connectivity index (χ0v) is 7.31. The van der Waals surface area contributed by atoms with Crippen LogP contribution in [0.5, 0.6) is 0 Å². The zero-order chi connectivity index (χ0) is 8.20. The van der Waals surface area contributed by atoms with E-state index in [4.69, 9.17) is 0 Å². The van der Waals surface area contributed by atoms with Crippen LogP contribution in [0, 0.1) is 0 Å². The van der Waals surface area contributed by atoms with Crippen molar-refractivity contribution in [3.05, 3.63) is 0 Å². The predicted molar refractivity (Wildman–Crippen MR) is 44.6 cm³/mol. The van der Waals surface area contributed by atoms with Crippen molar-refractivity contribution in [2.45, 2.75) is 39.2 Å². The van der Waals surface area contributed by atoms with Crippen LogP contribution in [0.3, 0.4) is 0 Å². The fraction of sp³-hybridized carbons (Fsp3) is 0.875. The van der Waals surface area contributed by atoms with Crippen LogP contribution in [0.2, 0.25) is 0 Å². The molecule has 0 saturated carbocycles. The van der Waals surface area contributed by atoms with E-state index in [0.717, 1.165) is 18.6 Å². The standard InChI is InChI=1S/C8H17NO/c1-5-8(10,6-2)7(3)9-4/h10H,5-6H2,1-4H3. The topological polar surface area (TPSA) is 32.6 Å². The van der Waals surface area contributed by atoms with E-state index in [0.29, 0.717) is 0 Å². The molecule has 0 aromatic carbocycles. The van der Waals surface area contributed by atoms with Crippen molar-refractivity contribution in [3.8, 4) is 0 Å². The Morgan fingerprint density at radius 3 is 1.90 bits per heavy atom. The minimum absolute atomic E-state index is 0.658. The predicted octanol–water partition coefficient (Wildman–Crippen LogP) is 1.63. The Kier molecular flexibility index (Phi) is 3.58. The summed E-state index contributed by atoms with van der Waals surface area (Å²) in [6.07, 6.45) is 1.49. The summed E-state index contributed by atoms with van der Waals surface area (Å²) in [4.78, 5) is 3.97. The average Bonchev–Trinajstić information content (AvgIpc) is 2.01. The summed E-state index contributed by atoms with van der Waals surface area (Å²) in [7, 11) is 1.71. The Morgan fingerprint density at radius 2 is 1.80 bits per heavy atom. The highest BCUT2D eigenvalue weighted by atomic mass is 16.3. The second-order valence-corrected chi connectivity index (χ2v) is 2.55. The molecule has 0 saturated heterocycles. The van der Waals surface area contributed by atoms with Crippen molar-refractivity contribution in [2.24, 2.45) is 4.99 Å². The van der Waals surface area contributed by atoms with Crippen LogP contribution in [0.1, 0.15) is 33.6 Å². The molecule has 2 nitrogen and oxygen atoms in total. The van der Waals surface area contributed by atoms with Gasteiger partial charge in [0.25, 0.3) is 0 Å². The van der Waals surface area contributed by atoms with Crippen molar-refractivity contribution in [1.29, 1.82) is 0 Å². The maximum Gasteiger partial charge on any atom is 0.101 e. The molecule has 10 heavy (non-hydrogen) atoms. The van der Waals surface area contributed by atoms with Gasteiger partial charge in [-0.2, -0.15) is 0 Å². The van der Waals surface area contributed by atoms with Crippen molar-refractivity contribution in [3.63, 3.8) is 0 Å². The van der Waals surface area contributed by atoms with Gasteiger partial charge >= 0.3 is 0 Å². The van der Waals surface area contributed by atoms with Gasteiger partial charge in [0, 0.05) is 12.8 Å². The van der Waals surface area contributed by atoms with Crippen LogP contribution >= 0.6 is 0 Å². The van der Waals surface area contributed by atoms with Gasteiger partial charge < -0.3 is 5.11 Å². The first-order valence-electron chi connectivity index (χ1n) is 3.77. The highest BCUT2D eigenvalue weighted by molar-refractivity contribution is 5.89. The van der Waals surface area contributed by atoms with Crippen molar-refractivity contribution in [2.75, 3.05) is 7.05 Å². The quantitative estimate of drug-likeness (QED) is 0.598. The molecule has 0 aliphatic carbocycles. The lowest BCUT2D eigenvalue weighted by atomic mass is 9.92. The zero-order valence-electron chi connectivity index (χ0n) is 7.31. The number of rotatable bonds is 3. The molecule has 60 valence electrons. The highest BCUT2D eigenvalue weighted by Crippen LogP contribution is 2.16. The summed E-state index contributed by atoms with van der Waals surface area (Å²) in [5, 5.41) is 9.77. The van der Waals surface area contributed by atoms with E-state index in [1.165, 1.54) is 0 Å². The Bertz CT molecular complexity index is 125. The lowest BCUT2D eigenvalue weighted by Crippen LogP contribution is -2.35. The van der Waals surface area contributed by atoms with Gasteiger partial charge in [0.15, 0.2) is 0 Å². The first-order chi connectivity index (χ1) is 4.60. The second-order valence-electron chi connectivity index (χ2n) is 2.55. The summed E-state index contributed by atoms with van der Waals surface area (Å²) in [5.74, 6) is 0. The summed E-state index contributed by atoms with van der Waals surface area (Å²) >= 11 is 0. The Labute approximate surface area is 63.0 Å². The van der Waals surface area contributed by atoms with E-state index in [1.54, 1.807) is 7.05 Å². The van der Waals surface area contributed by atoms with Crippen molar-refractivity contribution >= 4 is 5.71 Å². The molecule has 0 bridgehead atoms. The molecule has 0 unspecified atom stereocenters. The molecule has 0 fully saturated rings. The minimum Gasteiger partial charge on any atom is -0.384 e. The molecule has 1 N–H and O–H groups in total. The van der Waals surface area contributed by atoms with Gasteiger partial charge in [-0.3, -0.25) is 4.99 Å². The molecule has 0 aromatic rings. The third kappa shape index (κ3) is 1.81. The number of hydrogen-bond donors (Lipinski definition) is 1. The summed E-state index contributed by atoms with van der Waals surface area (Å²) in [6.45, 7) is 5.81. The average molecular weight is 143 g/mol. The third-order valence-corrected chi connectivity index (χ3v) is 2.18. The molecule has 0 aromatic heterocycles. The van der Waals surface area contributed by atoms with E-state index >= 15 is 0 Å². The van der Waals surface area contributed by atoms with E-state index in [1.807, 2.05) is 20.8 Å². The van der Waals surface area contributed by atoms with Gasteiger partial charge in [-0.15, -0.1) is 0 Å². The molecule has 0 spiro atoms. The molecule has 0 heterocycles. The molecule has 0 radical (unpaired) electrons. The maximum atomic E-state index is 9.77. The smallest absolute Gasteiger partial charge is 0.101 e. The number of hydrogen-bond acceptors (Lipinski definition) is 2. The van der Waals surface area contributed by atoms with Gasteiger partial charge in [0.2, 0.25) is 0 Å². The summed E-state index contributed by atoms with van der Waals surface area (Å²) in [6, 6.07) is 0. The number of aliphatic imine (C=N–C) groups is 1. The molecular formula is C8H17NO. The molecule has 0 rings (SSSR count). The van der Waals surface area contributed by atoms with Gasteiger partial charge in [-0.25, -0.2) is 0 Å². The first kappa shape index (κ1) is 9.63. The number of nitrogens with zero attached hydrogens (tertiary/aromatic N) is 1. The van der Waals surface area contributed by atoms with Gasteiger partial charge in [0.05, 0.1) is 0 Å². The van der Waals surface area contributed by atoms with Crippen LogP contribution in [-0.2, 0) is 0 Å². The lowest BCUT2D eigenvalue weighted by molar-refractivity contribution is 0.103. The SMILES string of the molecule is CCC(O)(CC)C(C)=NC. The van der Waals surface area contributed by atoms with E-state index < -0.39 is 5.60 Å². The highest BCUT2D eigenvalue weighted by Gasteiger charge is 2.24. The monoisotopic (exact) mass is 143 g/mol. The Morgan fingerprint density at radius 1 is 1.40 bits per heavy atom. The van der Waals surface area contributed by atoms with E-state index in [9.17, 15) is 5.11 Å². The molecule has 0 atom stereocenters. The summed E-state index contributed by atoms with van der Waals surface area (Å²) in [5.41, 5.74) is 0.173. The minimum atomic E-state index is -0.658. The lowest BCUT2D eigenvalue weighted by Gasteiger charge is -2.24. The van der Waals surface area contributed by atoms with Crippen molar-refractivity contribution < 1.29 is 5.11 Å². The fourth-order valence-corrected chi connectivity index (χ4v) is 0.970. The van der Waals surface area contributed by atoms with Gasteiger partial charge in [0.1, 0.15) is 5.60 Å². The third-order valence-electron chi connectivity index (χ3n) is 2.18. The first-order valence-corrected chi connectivity index (χ1v) is 3.77. The van der Waals surface area contributed by atoms with Crippen LogP contribution in [-0.4, -0.2) is 23.5 Å². The van der Waals surface area contributed by atoms with Crippen molar-refractivity contribution in [1.82, 2.24) is 0 Å². The Balaban J connectivity index is 4.32. The van der Waals surface area contributed by atoms with Crippen LogP contribution < -0.4 is 0 Å². The Hall–Kier alpha value is -0.370. The molecule has 0 aliphatic heterocycles. The van der Waals surface area contributed by atoms with Crippen LogP contribution in [0.4, 0.5) is 0 Å². The molecule has 0 aliphatic rings. The molecule has 2 heteroatoms. The van der Waals surface area contributed by atoms with Gasteiger partial charge in [-0.1, -0.05) is 13.8 Å². The molecule has 0 amide bonds. The van der Waals surface area contributed by atoms with E-state index in [-0.39, 0.29) is 0 Å². The number of aliphatic hydroxyl groups is 1. The van der Waals surface area contributed by atoms with Crippen LogP contribution in [0.15, 0.2) is 4.99 Å². The second kappa shape index (κ2) is 3.71. The van der Waals surface area contributed by atoms with E-state index in [2.05, 4.69) is 4.99 Å². The van der Waals surface area contributed by atoms with Crippen LogP contribution in [0.25, 0.3) is 0 Å². The maximum absolute atomic E-state index is 9.77. The largest absolute Gasteiger partial charge is 0.384 e. The normalized spacial score (nSPS) is 13.9. The fourth-order valence-electron chi connectivity index (χ4n) is 0.970. The summed E-state index contributed by atoms with van der Waals surface area (Å²) < 4.78 is 0. The molecular weight excluding hydrogens is 126 g/mol.